The highest BCUT2D eigenvalue weighted by atomic mass is 16.5. The molecule has 1 aliphatic heterocycles. The number of amides is 2. The van der Waals surface area contributed by atoms with Crippen LogP contribution in [0.2, 0.25) is 0 Å². The summed E-state index contributed by atoms with van der Waals surface area (Å²) in [6.07, 6.45) is 12.1. The third kappa shape index (κ3) is 4.01. The first-order chi connectivity index (χ1) is 14.7. The standard InChI is InChI=1S/C25H36N2O3/c1-30-18-17-27-24(29)21-14-8-7-13-20(21)22(25(27)15-9-4-10-16-25)23(28)26-19-11-5-2-3-6-12-19/h7-8,13-14,19,22H,2-6,9-12,15-18H2,1H3,(H,26,28)/t22-/m1/s1. The molecule has 5 nitrogen and oxygen atoms in total. The Hall–Kier alpha value is -1.88. The van der Waals surface area contributed by atoms with Gasteiger partial charge in [0, 0.05) is 25.3 Å². The van der Waals surface area contributed by atoms with Crippen LogP contribution in [0.3, 0.4) is 0 Å². The summed E-state index contributed by atoms with van der Waals surface area (Å²) in [5.74, 6) is -0.124. The average Bonchev–Trinajstić information content (AvgIpc) is 3.03. The highest BCUT2D eigenvalue weighted by molar-refractivity contribution is 6.02. The Labute approximate surface area is 180 Å². The van der Waals surface area contributed by atoms with Crippen LogP contribution in [0.4, 0.5) is 0 Å². The lowest BCUT2D eigenvalue weighted by Gasteiger charge is -2.54. The molecule has 0 bridgehead atoms. The Balaban J connectivity index is 1.72. The van der Waals surface area contributed by atoms with Gasteiger partial charge in [-0.1, -0.05) is 63.1 Å². The molecule has 5 heteroatoms. The summed E-state index contributed by atoms with van der Waals surface area (Å²) in [6.45, 7) is 1.03. The predicted octanol–water partition coefficient (Wildman–Crippen LogP) is 4.41. The fourth-order valence-electron chi connectivity index (χ4n) is 6.06. The molecular formula is C25H36N2O3. The lowest BCUT2D eigenvalue weighted by Crippen LogP contribution is -2.63. The summed E-state index contributed by atoms with van der Waals surface area (Å²) in [5.41, 5.74) is 1.17. The van der Waals surface area contributed by atoms with E-state index >= 15 is 0 Å². The van der Waals surface area contributed by atoms with Gasteiger partial charge in [0.1, 0.15) is 0 Å². The van der Waals surface area contributed by atoms with Gasteiger partial charge in [-0.2, -0.15) is 0 Å². The van der Waals surface area contributed by atoms with Crippen molar-refractivity contribution in [2.24, 2.45) is 0 Å². The van der Waals surface area contributed by atoms with Gasteiger partial charge in [0.25, 0.3) is 5.91 Å². The van der Waals surface area contributed by atoms with Crippen LogP contribution in [-0.4, -0.2) is 48.6 Å². The normalized spacial score (nSPS) is 24.4. The summed E-state index contributed by atoms with van der Waals surface area (Å²) < 4.78 is 5.35. The molecule has 2 fully saturated rings. The van der Waals surface area contributed by atoms with Gasteiger partial charge in [-0.25, -0.2) is 0 Å². The van der Waals surface area contributed by atoms with E-state index in [1.165, 1.54) is 32.1 Å². The summed E-state index contributed by atoms with van der Waals surface area (Å²) in [4.78, 5) is 29.4. The minimum Gasteiger partial charge on any atom is -0.383 e. The van der Waals surface area contributed by atoms with Crippen molar-refractivity contribution >= 4 is 11.8 Å². The van der Waals surface area contributed by atoms with Crippen LogP contribution in [0.5, 0.6) is 0 Å². The second-order valence-corrected chi connectivity index (χ2v) is 9.33. The van der Waals surface area contributed by atoms with Gasteiger partial charge in [0.05, 0.1) is 18.1 Å². The van der Waals surface area contributed by atoms with Crippen molar-refractivity contribution in [3.8, 4) is 0 Å². The molecule has 1 N–H and O–H groups in total. The van der Waals surface area contributed by atoms with Gasteiger partial charge in [0.2, 0.25) is 5.91 Å². The van der Waals surface area contributed by atoms with Crippen molar-refractivity contribution in [2.45, 2.75) is 88.1 Å². The topological polar surface area (TPSA) is 58.6 Å². The first-order valence-electron chi connectivity index (χ1n) is 11.9. The van der Waals surface area contributed by atoms with Crippen molar-refractivity contribution in [3.63, 3.8) is 0 Å². The van der Waals surface area contributed by atoms with E-state index in [9.17, 15) is 9.59 Å². The number of ether oxygens (including phenoxy) is 1. The van der Waals surface area contributed by atoms with Gasteiger partial charge in [0.15, 0.2) is 0 Å². The van der Waals surface area contributed by atoms with Gasteiger partial charge in [-0.05, 0) is 37.3 Å². The monoisotopic (exact) mass is 412 g/mol. The average molecular weight is 413 g/mol. The van der Waals surface area contributed by atoms with Crippen molar-refractivity contribution in [2.75, 3.05) is 20.3 Å². The third-order valence-corrected chi connectivity index (χ3v) is 7.52. The van der Waals surface area contributed by atoms with Gasteiger partial charge in [-0.15, -0.1) is 0 Å². The molecule has 164 valence electrons. The molecule has 2 saturated carbocycles. The van der Waals surface area contributed by atoms with E-state index in [1.54, 1.807) is 7.11 Å². The van der Waals surface area contributed by atoms with Crippen LogP contribution in [-0.2, 0) is 9.53 Å². The number of benzene rings is 1. The molecule has 2 amide bonds. The zero-order valence-corrected chi connectivity index (χ0v) is 18.3. The molecule has 1 aromatic carbocycles. The number of rotatable bonds is 5. The molecule has 0 aromatic heterocycles. The fourth-order valence-corrected chi connectivity index (χ4v) is 6.06. The number of hydrogen-bond acceptors (Lipinski definition) is 3. The first kappa shape index (κ1) is 21.4. The van der Waals surface area contributed by atoms with Gasteiger partial charge in [-0.3, -0.25) is 9.59 Å². The SMILES string of the molecule is COCCN1C(=O)c2ccccc2[C@H](C(=O)NC2CCCCCC2)C12CCCCC2. The zero-order chi connectivity index (χ0) is 21.0. The summed E-state index contributed by atoms with van der Waals surface area (Å²) in [7, 11) is 1.67. The fraction of sp³-hybridized carbons (Fsp3) is 0.680. The summed E-state index contributed by atoms with van der Waals surface area (Å²) in [5, 5.41) is 3.42. The maximum atomic E-state index is 13.9. The second-order valence-electron chi connectivity index (χ2n) is 9.33. The molecule has 1 aromatic rings. The molecule has 4 rings (SSSR count). The summed E-state index contributed by atoms with van der Waals surface area (Å²) in [6, 6.07) is 8.04. The number of fused-ring (bicyclic) bond motifs is 1. The van der Waals surface area contributed by atoms with E-state index in [4.69, 9.17) is 4.74 Å². The third-order valence-electron chi connectivity index (χ3n) is 7.52. The highest BCUT2D eigenvalue weighted by Crippen LogP contribution is 2.49. The van der Waals surface area contributed by atoms with E-state index in [0.717, 1.165) is 44.1 Å². The Morgan fingerprint density at radius 3 is 2.43 bits per heavy atom. The Bertz CT molecular complexity index is 749. The molecule has 1 heterocycles. The van der Waals surface area contributed by atoms with Crippen molar-refractivity contribution in [1.29, 1.82) is 0 Å². The molecule has 2 aliphatic carbocycles. The van der Waals surface area contributed by atoms with Crippen LogP contribution in [0.15, 0.2) is 24.3 Å². The van der Waals surface area contributed by atoms with Gasteiger partial charge >= 0.3 is 0 Å². The number of methoxy groups -OCH3 is 1. The maximum absolute atomic E-state index is 13.9. The molecule has 0 radical (unpaired) electrons. The highest BCUT2D eigenvalue weighted by Gasteiger charge is 2.54. The number of carbonyl (C=O) groups excluding carboxylic acids is 2. The van der Waals surface area contributed by atoms with E-state index in [-0.39, 0.29) is 23.8 Å². The summed E-state index contributed by atoms with van der Waals surface area (Å²) >= 11 is 0. The molecule has 0 unspecified atom stereocenters. The van der Waals surface area contributed by atoms with Crippen LogP contribution in [0, 0.1) is 0 Å². The van der Waals surface area contributed by atoms with E-state index in [1.807, 2.05) is 29.2 Å². The van der Waals surface area contributed by atoms with E-state index < -0.39 is 5.54 Å². The Morgan fingerprint density at radius 1 is 1.07 bits per heavy atom. The molecular weight excluding hydrogens is 376 g/mol. The molecule has 1 atom stereocenters. The molecule has 0 saturated heterocycles. The quantitative estimate of drug-likeness (QED) is 0.729. The molecule has 30 heavy (non-hydrogen) atoms. The maximum Gasteiger partial charge on any atom is 0.254 e. The van der Waals surface area contributed by atoms with Crippen molar-refractivity contribution in [3.05, 3.63) is 35.4 Å². The number of nitrogens with one attached hydrogen (secondary N) is 1. The predicted molar refractivity (Wildman–Crippen MR) is 118 cm³/mol. The van der Waals surface area contributed by atoms with Crippen LogP contribution < -0.4 is 5.32 Å². The van der Waals surface area contributed by atoms with Gasteiger partial charge < -0.3 is 15.0 Å². The first-order valence-corrected chi connectivity index (χ1v) is 11.9. The van der Waals surface area contributed by atoms with Crippen LogP contribution in [0.25, 0.3) is 0 Å². The van der Waals surface area contributed by atoms with Crippen LogP contribution >= 0.6 is 0 Å². The Kier molecular flexibility index (Phi) is 6.77. The van der Waals surface area contributed by atoms with Crippen molar-refractivity contribution in [1.82, 2.24) is 10.2 Å². The van der Waals surface area contributed by atoms with Crippen LogP contribution in [0.1, 0.15) is 92.5 Å². The number of nitrogens with zero attached hydrogens (tertiary/aromatic N) is 1. The lowest BCUT2D eigenvalue weighted by atomic mass is 9.65. The Morgan fingerprint density at radius 2 is 1.73 bits per heavy atom. The van der Waals surface area contributed by atoms with E-state index in [0.29, 0.717) is 18.7 Å². The molecule has 3 aliphatic rings. The lowest BCUT2D eigenvalue weighted by molar-refractivity contribution is -0.128. The largest absolute Gasteiger partial charge is 0.383 e. The minimum absolute atomic E-state index is 0.0584. The smallest absolute Gasteiger partial charge is 0.254 e. The van der Waals surface area contributed by atoms with E-state index in [2.05, 4.69) is 5.32 Å². The number of carbonyl (C=O) groups is 2. The molecule has 1 spiro atoms. The second kappa shape index (κ2) is 9.51. The van der Waals surface area contributed by atoms with Crippen molar-refractivity contribution < 1.29 is 14.3 Å². The zero-order valence-electron chi connectivity index (χ0n) is 18.3. The number of hydrogen-bond donors (Lipinski definition) is 1. The minimum atomic E-state index is -0.434.